The highest BCUT2D eigenvalue weighted by atomic mass is 16.6. The third-order valence-electron chi connectivity index (χ3n) is 4.69. The fourth-order valence-corrected chi connectivity index (χ4v) is 3.39. The molecule has 2 nitrogen and oxygen atoms in total. The molecule has 0 saturated carbocycles. The van der Waals surface area contributed by atoms with Crippen molar-refractivity contribution < 1.29 is 9.53 Å². The number of esters is 1. The van der Waals surface area contributed by atoms with Gasteiger partial charge in [-0.25, -0.2) is 4.79 Å². The number of benzene rings is 3. The second-order valence-corrected chi connectivity index (χ2v) is 6.35. The lowest BCUT2D eigenvalue weighted by atomic mass is 9.79. The molecule has 0 aromatic heterocycles. The van der Waals surface area contributed by atoms with Crippen LogP contribution in [0.15, 0.2) is 72.8 Å². The van der Waals surface area contributed by atoms with Crippen LogP contribution in [0, 0.1) is 13.8 Å². The summed E-state index contributed by atoms with van der Waals surface area (Å²) in [6.07, 6.45) is 0. The topological polar surface area (TPSA) is 26.3 Å². The van der Waals surface area contributed by atoms with Gasteiger partial charge >= 0.3 is 5.97 Å². The monoisotopic (exact) mass is 404 g/mol. The lowest BCUT2D eigenvalue weighted by Gasteiger charge is -2.30. The van der Waals surface area contributed by atoms with E-state index in [-0.39, 0.29) is 5.97 Å². The van der Waals surface area contributed by atoms with Gasteiger partial charge in [0.2, 0.25) is 0 Å². The quantitative estimate of drug-likeness (QED) is 0.407. The molecule has 0 amide bonds. The van der Waals surface area contributed by atoms with Crippen molar-refractivity contribution >= 4 is 5.97 Å². The van der Waals surface area contributed by atoms with Crippen LogP contribution in [0.4, 0.5) is 0 Å². The summed E-state index contributed by atoms with van der Waals surface area (Å²) in [7, 11) is 0. The predicted octanol–water partition coefficient (Wildman–Crippen LogP) is 7.84. The zero-order chi connectivity index (χ0) is 22.7. The second kappa shape index (κ2) is 12.0. The van der Waals surface area contributed by atoms with Gasteiger partial charge in [-0.3, -0.25) is 0 Å². The van der Waals surface area contributed by atoms with Gasteiger partial charge in [0, 0.05) is 16.7 Å². The van der Waals surface area contributed by atoms with Gasteiger partial charge in [-0.1, -0.05) is 119 Å². The molecule has 0 unspecified atom stereocenters. The largest absolute Gasteiger partial charge is 0.441 e. The smallest absolute Gasteiger partial charge is 0.340 e. The Balaban J connectivity index is 0.000000691. The highest BCUT2D eigenvalue weighted by Crippen LogP contribution is 2.46. The molecule has 1 aliphatic rings. The van der Waals surface area contributed by atoms with Crippen molar-refractivity contribution in [2.45, 2.75) is 61.0 Å². The maximum Gasteiger partial charge on any atom is 0.340 e. The fourth-order valence-electron chi connectivity index (χ4n) is 3.39. The van der Waals surface area contributed by atoms with E-state index in [1.807, 2.05) is 90.1 Å². The van der Waals surface area contributed by atoms with Gasteiger partial charge < -0.3 is 4.74 Å². The minimum atomic E-state index is -0.880. The number of aryl methyl sites for hydroxylation is 2. The van der Waals surface area contributed by atoms with E-state index in [1.165, 1.54) is 11.1 Å². The number of carbonyl (C=O) groups is 1. The lowest BCUT2D eigenvalue weighted by molar-refractivity contribution is 0.0251. The minimum Gasteiger partial charge on any atom is -0.441 e. The van der Waals surface area contributed by atoms with Gasteiger partial charge in [0.1, 0.15) is 0 Å². The van der Waals surface area contributed by atoms with Gasteiger partial charge in [-0.15, -0.1) is 0 Å². The van der Waals surface area contributed by atoms with E-state index in [2.05, 4.69) is 38.1 Å². The fraction of sp³-hybridized carbons (Fsp3) is 0.321. The maximum absolute atomic E-state index is 12.5. The second-order valence-electron chi connectivity index (χ2n) is 6.35. The van der Waals surface area contributed by atoms with Gasteiger partial charge in [0.25, 0.3) is 0 Å². The summed E-state index contributed by atoms with van der Waals surface area (Å²) >= 11 is 0. The normalized spacial score (nSPS) is 12.6. The summed E-state index contributed by atoms with van der Waals surface area (Å²) in [5, 5.41) is 0. The van der Waals surface area contributed by atoms with E-state index in [4.69, 9.17) is 4.74 Å². The number of rotatable bonds is 2. The molecule has 30 heavy (non-hydrogen) atoms. The number of hydrogen-bond donors (Lipinski definition) is 0. The minimum absolute atomic E-state index is 0.272. The van der Waals surface area contributed by atoms with E-state index in [0.29, 0.717) is 5.56 Å². The predicted molar refractivity (Wildman–Crippen MR) is 128 cm³/mol. The molecule has 0 bridgehead atoms. The lowest BCUT2D eigenvalue weighted by Crippen LogP contribution is -2.29. The zero-order valence-electron chi connectivity index (χ0n) is 19.7. The Morgan fingerprint density at radius 3 is 1.43 bits per heavy atom. The van der Waals surface area contributed by atoms with Crippen LogP contribution in [0.5, 0.6) is 0 Å². The highest BCUT2D eigenvalue weighted by molar-refractivity contribution is 5.96. The van der Waals surface area contributed by atoms with Crippen molar-refractivity contribution in [1.29, 1.82) is 0 Å². The molecule has 3 aromatic rings. The highest BCUT2D eigenvalue weighted by Gasteiger charge is 2.48. The van der Waals surface area contributed by atoms with E-state index in [0.717, 1.165) is 16.7 Å². The van der Waals surface area contributed by atoms with Crippen LogP contribution < -0.4 is 0 Å². The van der Waals surface area contributed by atoms with Crippen molar-refractivity contribution in [2.75, 3.05) is 0 Å². The summed E-state index contributed by atoms with van der Waals surface area (Å²) < 4.78 is 6.03. The molecule has 0 spiro atoms. The Hall–Kier alpha value is -2.87. The average Bonchev–Trinajstić information content (AvgIpc) is 3.12. The number of fused-ring (bicyclic) bond motifs is 1. The summed E-state index contributed by atoms with van der Waals surface area (Å²) in [4.78, 5) is 12.5. The molecule has 0 aliphatic carbocycles. The molecule has 4 rings (SSSR count). The van der Waals surface area contributed by atoms with Crippen molar-refractivity contribution in [3.8, 4) is 0 Å². The van der Waals surface area contributed by atoms with Crippen LogP contribution in [0.2, 0.25) is 0 Å². The summed E-state index contributed by atoms with van der Waals surface area (Å²) in [6, 6.07) is 24.1. The van der Waals surface area contributed by atoms with Gasteiger partial charge in [-0.2, -0.15) is 0 Å². The molecular weight excluding hydrogens is 368 g/mol. The average molecular weight is 405 g/mol. The van der Waals surface area contributed by atoms with Crippen LogP contribution in [0.1, 0.15) is 79.7 Å². The Morgan fingerprint density at radius 1 is 0.600 bits per heavy atom. The molecule has 0 fully saturated rings. The van der Waals surface area contributed by atoms with E-state index < -0.39 is 5.60 Å². The Kier molecular flexibility index (Phi) is 10.0. The van der Waals surface area contributed by atoms with Crippen LogP contribution >= 0.6 is 0 Å². The molecule has 3 aromatic carbocycles. The van der Waals surface area contributed by atoms with E-state index in [9.17, 15) is 4.79 Å². The van der Waals surface area contributed by atoms with Gasteiger partial charge in [0.15, 0.2) is 5.60 Å². The van der Waals surface area contributed by atoms with Crippen molar-refractivity contribution in [2.24, 2.45) is 0 Å². The standard InChI is InChI=1S/C22H18O2.3C2H6/c1-15-7-11-17(12-8-15)22(18-13-9-16(2)10-14-18)20-6-4-3-5-19(20)21(23)24-22;3*1-2/h3-14H,1-2H3;3*1-2H3. The van der Waals surface area contributed by atoms with Crippen LogP contribution in [-0.4, -0.2) is 5.97 Å². The molecule has 160 valence electrons. The van der Waals surface area contributed by atoms with Crippen molar-refractivity contribution in [3.63, 3.8) is 0 Å². The first-order valence-corrected chi connectivity index (χ1v) is 11.1. The molecule has 0 N–H and O–H groups in total. The molecule has 0 saturated heterocycles. The van der Waals surface area contributed by atoms with Gasteiger partial charge in [0.05, 0.1) is 5.56 Å². The first-order valence-electron chi connectivity index (χ1n) is 11.1. The Bertz CT molecular complexity index is 861. The first-order chi connectivity index (χ1) is 14.6. The van der Waals surface area contributed by atoms with Crippen LogP contribution in [0.3, 0.4) is 0 Å². The van der Waals surface area contributed by atoms with Crippen LogP contribution in [-0.2, 0) is 10.3 Å². The Morgan fingerprint density at radius 2 is 1.00 bits per heavy atom. The Labute approximate surface area is 182 Å². The van der Waals surface area contributed by atoms with E-state index >= 15 is 0 Å². The molecule has 0 radical (unpaired) electrons. The molecule has 0 atom stereocenters. The number of cyclic esters (lactones) is 1. The van der Waals surface area contributed by atoms with E-state index in [1.54, 1.807) is 0 Å². The number of carbonyl (C=O) groups excluding carboxylic acids is 1. The SMILES string of the molecule is CC.CC.CC.Cc1ccc(C2(c3ccc(C)cc3)OC(=O)c3ccccc32)cc1. The first kappa shape index (κ1) is 25.2. The summed E-state index contributed by atoms with van der Waals surface area (Å²) in [6.45, 7) is 16.1. The molecule has 1 heterocycles. The summed E-state index contributed by atoms with van der Waals surface area (Å²) in [5.41, 5.74) is 4.95. The third kappa shape index (κ3) is 4.81. The number of hydrogen-bond acceptors (Lipinski definition) is 2. The maximum atomic E-state index is 12.5. The van der Waals surface area contributed by atoms with Crippen molar-refractivity contribution in [3.05, 3.63) is 106 Å². The summed E-state index contributed by atoms with van der Waals surface area (Å²) in [5.74, 6) is -0.272. The molecule has 2 heteroatoms. The third-order valence-corrected chi connectivity index (χ3v) is 4.69. The number of ether oxygens (including phenoxy) is 1. The van der Waals surface area contributed by atoms with Crippen molar-refractivity contribution in [1.82, 2.24) is 0 Å². The zero-order valence-corrected chi connectivity index (χ0v) is 19.7. The molecular formula is C28H36O2. The molecule has 1 aliphatic heterocycles. The van der Waals surface area contributed by atoms with Gasteiger partial charge in [-0.05, 0) is 19.9 Å². The van der Waals surface area contributed by atoms with Crippen LogP contribution in [0.25, 0.3) is 0 Å².